The Kier molecular flexibility index (Phi) is 2.55. The third-order valence-corrected chi connectivity index (χ3v) is 2.58. The van der Waals surface area contributed by atoms with Gasteiger partial charge in [0.2, 0.25) is 0 Å². The van der Waals surface area contributed by atoms with Crippen molar-refractivity contribution in [3.63, 3.8) is 0 Å². The van der Waals surface area contributed by atoms with Gasteiger partial charge in [-0.1, -0.05) is 0 Å². The van der Waals surface area contributed by atoms with Crippen molar-refractivity contribution in [2.45, 2.75) is 25.9 Å². The SMILES string of the molecule is CC(c1cn[nH]c1)n1cncc1[C@@H](C)N. The number of imidazole rings is 1. The van der Waals surface area contributed by atoms with Crippen molar-refractivity contribution in [3.05, 3.63) is 36.2 Å². The Balaban J connectivity index is 2.33. The molecule has 0 fully saturated rings. The van der Waals surface area contributed by atoms with Crippen molar-refractivity contribution >= 4 is 0 Å². The van der Waals surface area contributed by atoms with E-state index >= 15 is 0 Å². The van der Waals surface area contributed by atoms with E-state index in [4.69, 9.17) is 5.73 Å². The van der Waals surface area contributed by atoms with Crippen molar-refractivity contribution in [2.75, 3.05) is 0 Å². The lowest BCUT2D eigenvalue weighted by Gasteiger charge is -2.16. The Morgan fingerprint density at radius 1 is 1.40 bits per heavy atom. The van der Waals surface area contributed by atoms with Gasteiger partial charge in [-0.15, -0.1) is 0 Å². The van der Waals surface area contributed by atoms with Crippen LogP contribution in [-0.2, 0) is 0 Å². The molecule has 2 heterocycles. The number of rotatable bonds is 3. The van der Waals surface area contributed by atoms with Gasteiger partial charge in [-0.05, 0) is 13.8 Å². The molecule has 2 rings (SSSR count). The Morgan fingerprint density at radius 2 is 2.20 bits per heavy atom. The molecule has 0 bridgehead atoms. The highest BCUT2D eigenvalue weighted by atomic mass is 15.1. The highest BCUT2D eigenvalue weighted by Crippen LogP contribution is 2.20. The van der Waals surface area contributed by atoms with Crippen LogP contribution in [0.1, 0.15) is 37.2 Å². The minimum absolute atomic E-state index is 0.0122. The predicted octanol–water partition coefficient (Wildman–Crippen LogP) is 1.24. The summed E-state index contributed by atoms with van der Waals surface area (Å²) in [6.07, 6.45) is 7.31. The minimum Gasteiger partial charge on any atom is -0.326 e. The van der Waals surface area contributed by atoms with Crippen LogP contribution in [0.2, 0.25) is 0 Å². The summed E-state index contributed by atoms with van der Waals surface area (Å²) >= 11 is 0. The number of nitrogens with two attached hydrogens (primary N) is 1. The predicted molar refractivity (Wildman–Crippen MR) is 57.2 cm³/mol. The lowest BCUT2D eigenvalue weighted by atomic mass is 10.1. The maximum atomic E-state index is 5.87. The van der Waals surface area contributed by atoms with Gasteiger partial charge in [0.25, 0.3) is 0 Å². The van der Waals surface area contributed by atoms with Crippen LogP contribution >= 0.6 is 0 Å². The first kappa shape index (κ1) is 9.92. The summed E-state index contributed by atoms with van der Waals surface area (Å²) in [6.45, 7) is 4.05. The van der Waals surface area contributed by atoms with E-state index in [1.54, 1.807) is 12.5 Å². The van der Waals surface area contributed by atoms with Crippen LogP contribution in [0.25, 0.3) is 0 Å². The van der Waals surface area contributed by atoms with E-state index in [9.17, 15) is 0 Å². The molecule has 0 spiro atoms. The van der Waals surface area contributed by atoms with Crippen LogP contribution in [0.5, 0.6) is 0 Å². The van der Waals surface area contributed by atoms with E-state index in [1.165, 1.54) is 0 Å². The third kappa shape index (κ3) is 1.78. The molecule has 2 aromatic rings. The largest absolute Gasteiger partial charge is 0.326 e. The van der Waals surface area contributed by atoms with Gasteiger partial charge in [-0.2, -0.15) is 5.10 Å². The number of H-pyrrole nitrogens is 1. The zero-order valence-corrected chi connectivity index (χ0v) is 8.88. The van der Waals surface area contributed by atoms with E-state index in [2.05, 4.69) is 26.7 Å². The van der Waals surface area contributed by atoms with Gasteiger partial charge in [-0.25, -0.2) is 4.98 Å². The van der Waals surface area contributed by atoms with Gasteiger partial charge >= 0.3 is 0 Å². The third-order valence-electron chi connectivity index (χ3n) is 2.58. The molecule has 0 aliphatic heterocycles. The van der Waals surface area contributed by atoms with E-state index < -0.39 is 0 Å². The van der Waals surface area contributed by atoms with Gasteiger partial charge in [0.15, 0.2) is 0 Å². The summed E-state index contributed by atoms with van der Waals surface area (Å²) in [5.74, 6) is 0. The summed E-state index contributed by atoms with van der Waals surface area (Å²) < 4.78 is 2.06. The first-order valence-electron chi connectivity index (χ1n) is 4.96. The fourth-order valence-corrected chi connectivity index (χ4v) is 1.64. The molecule has 0 aliphatic carbocycles. The van der Waals surface area contributed by atoms with Crippen molar-refractivity contribution in [1.82, 2.24) is 19.7 Å². The molecular weight excluding hydrogens is 190 g/mol. The quantitative estimate of drug-likeness (QED) is 0.791. The standard InChI is InChI=1S/C10H15N5/c1-7(11)10-5-12-6-15(10)8(2)9-3-13-14-4-9/h3-8H,11H2,1-2H3,(H,13,14)/t7-,8?/m1/s1. The van der Waals surface area contributed by atoms with Crippen molar-refractivity contribution < 1.29 is 0 Å². The highest BCUT2D eigenvalue weighted by molar-refractivity contribution is 5.14. The summed E-state index contributed by atoms with van der Waals surface area (Å²) in [7, 11) is 0. The molecule has 5 heteroatoms. The van der Waals surface area contributed by atoms with Gasteiger partial charge in [0.1, 0.15) is 0 Å². The topological polar surface area (TPSA) is 72.5 Å². The molecule has 2 atom stereocenters. The molecule has 0 aromatic carbocycles. The number of aromatic amines is 1. The number of hydrogen-bond donors (Lipinski definition) is 2. The number of nitrogens with one attached hydrogen (secondary N) is 1. The van der Waals surface area contributed by atoms with Gasteiger partial charge in [0, 0.05) is 24.0 Å². The van der Waals surface area contributed by atoms with Crippen LogP contribution in [0.4, 0.5) is 0 Å². The Morgan fingerprint density at radius 3 is 2.80 bits per heavy atom. The van der Waals surface area contributed by atoms with Gasteiger partial charge in [0.05, 0.1) is 24.3 Å². The van der Waals surface area contributed by atoms with Crippen molar-refractivity contribution in [3.8, 4) is 0 Å². The lowest BCUT2D eigenvalue weighted by molar-refractivity contribution is 0.582. The molecule has 0 saturated heterocycles. The molecule has 3 N–H and O–H groups in total. The van der Waals surface area contributed by atoms with Crippen LogP contribution < -0.4 is 5.73 Å². The van der Waals surface area contributed by atoms with E-state index in [-0.39, 0.29) is 12.1 Å². The highest BCUT2D eigenvalue weighted by Gasteiger charge is 2.14. The molecule has 5 nitrogen and oxygen atoms in total. The molecule has 0 amide bonds. The molecule has 15 heavy (non-hydrogen) atoms. The summed E-state index contributed by atoms with van der Waals surface area (Å²) in [5.41, 5.74) is 8.02. The second kappa shape index (κ2) is 3.86. The van der Waals surface area contributed by atoms with Gasteiger partial charge in [-0.3, -0.25) is 5.10 Å². The number of hydrogen-bond acceptors (Lipinski definition) is 3. The molecule has 1 unspecified atom stereocenters. The Bertz CT molecular complexity index is 415. The maximum absolute atomic E-state index is 5.87. The Hall–Kier alpha value is -1.62. The van der Waals surface area contributed by atoms with Gasteiger partial charge < -0.3 is 10.3 Å². The van der Waals surface area contributed by atoms with E-state index in [0.29, 0.717) is 0 Å². The average Bonchev–Trinajstić information content (AvgIpc) is 2.88. The van der Waals surface area contributed by atoms with Crippen LogP contribution in [0.3, 0.4) is 0 Å². The fraction of sp³-hybridized carbons (Fsp3) is 0.400. The van der Waals surface area contributed by atoms with Crippen molar-refractivity contribution in [2.24, 2.45) is 5.73 Å². The van der Waals surface area contributed by atoms with Crippen molar-refractivity contribution in [1.29, 1.82) is 0 Å². The first-order chi connectivity index (χ1) is 7.20. The number of nitrogens with zero attached hydrogens (tertiary/aromatic N) is 3. The monoisotopic (exact) mass is 205 g/mol. The molecular formula is C10H15N5. The average molecular weight is 205 g/mol. The first-order valence-corrected chi connectivity index (χ1v) is 4.96. The minimum atomic E-state index is -0.0122. The van der Waals surface area contributed by atoms with Crippen LogP contribution in [0.15, 0.2) is 24.9 Å². The van der Waals surface area contributed by atoms with Crippen LogP contribution in [-0.4, -0.2) is 19.7 Å². The normalized spacial score (nSPS) is 15.1. The second-order valence-corrected chi connectivity index (χ2v) is 3.72. The molecule has 0 saturated carbocycles. The zero-order chi connectivity index (χ0) is 10.8. The molecule has 80 valence electrons. The number of aromatic nitrogens is 4. The maximum Gasteiger partial charge on any atom is 0.0954 e. The molecule has 2 aromatic heterocycles. The lowest BCUT2D eigenvalue weighted by Crippen LogP contribution is -2.15. The second-order valence-electron chi connectivity index (χ2n) is 3.72. The van der Waals surface area contributed by atoms with E-state index in [1.807, 2.05) is 19.3 Å². The van der Waals surface area contributed by atoms with E-state index in [0.717, 1.165) is 11.3 Å². The fourth-order valence-electron chi connectivity index (χ4n) is 1.64. The summed E-state index contributed by atoms with van der Waals surface area (Å²) in [6, 6.07) is 0.189. The summed E-state index contributed by atoms with van der Waals surface area (Å²) in [5, 5.41) is 6.74. The van der Waals surface area contributed by atoms with Crippen LogP contribution in [0, 0.1) is 0 Å². The molecule has 0 radical (unpaired) electrons. The Labute approximate surface area is 88.3 Å². The molecule has 0 aliphatic rings. The zero-order valence-electron chi connectivity index (χ0n) is 8.88. The summed E-state index contributed by atoms with van der Waals surface area (Å²) in [4.78, 5) is 4.13. The smallest absolute Gasteiger partial charge is 0.0954 e.